The van der Waals surface area contributed by atoms with Gasteiger partial charge in [-0.15, -0.1) is 0 Å². The Morgan fingerprint density at radius 2 is 1.64 bits per heavy atom. The number of amides is 3. The number of urea groups is 1. The molecule has 3 N–H and O–H groups in total. The predicted molar refractivity (Wildman–Crippen MR) is 126 cm³/mol. The first-order valence-corrected chi connectivity index (χ1v) is 10.6. The third kappa shape index (κ3) is 6.92. The van der Waals surface area contributed by atoms with Gasteiger partial charge in [-0.2, -0.15) is 0 Å². The van der Waals surface area contributed by atoms with E-state index in [1.807, 2.05) is 60.7 Å². The van der Waals surface area contributed by atoms with Crippen LogP contribution in [0.15, 0.2) is 66.7 Å². The third-order valence-electron chi connectivity index (χ3n) is 5.22. The van der Waals surface area contributed by atoms with Crippen LogP contribution in [-0.2, 0) is 16.1 Å². The molecule has 0 aliphatic rings. The quantitative estimate of drug-likeness (QED) is 0.541. The van der Waals surface area contributed by atoms with Crippen LogP contribution in [0.1, 0.15) is 25.0 Å². The number of rotatable bonds is 9. The molecule has 0 aliphatic heterocycles. The van der Waals surface area contributed by atoms with E-state index in [1.54, 1.807) is 12.2 Å². The average molecular weight is 454 g/mol. The van der Waals surface area contributed by atoms with Gasteiger partial charge in [0.25, 0.3) is 0 Å². The fourth-order valence-electron chi connectivity index (χ4n) is 3.31. The summed E-state index contributed by atoms with van der Waals surface area (Å²) in [5.74, 6) is -0.529. The minimum absolute atomic E-state index is 0.0214. The minimum Gasteiger partial charge on any atom is -0.445 e. The lowest BCUT2D eigenvalue weighted by Crippen LogP contribution is -2.71. The summed E-state index contributed by atoms with van der Waals surface area (Å²) < 4.78 is 5.32. The molecule has 0 spiro atoms. The molecule has 0 bridgehead atoms. The number of carbonyl (C=O) groups is 3. The number of hydrogen-bond donors (Lipinski definition) is 3. The number of hydrogen-bond acceptors (Lipinski definition) is 5. The molecule has 3 amide bonds. The first kappa shape index (κ1) is 25.6. The van der Waals surface area contributed by atoms with Crippen molar-refractivity contribution in [3.05, 3.63) is 77.9 Å². The van der Waals surface area contributed by atoms with Gasteiger partial charge in [-0.25, -0.2) is 9.59 Å². The van der Waals surface area contributed by atoms with Gasteiger partial charge in [-0.1, -0.05) is 72.8 Å². The van der Waals surface area contributed by atoms with Crippen LogP contribution in [0.25, 0.3) is 6.08 Å². The van der Waals surface area contributed by atoms with Crippen LogP contribution in [0.2, 0.25) is 0 Å². The maximum atomic E-state index is 12.9. The molecule has 3 atom stereocenters. The van der Waals surface area contributed by atoms with Gasteiger partial charge in [0.1, 0.15) is 12.1 Å². The largest absolute Gasteiger partial charge is 0.445 e. The summed E-state index contributed by atoms with van der Waals surface area (Å²) in [6.45, 7) is 2.66. The van der Waals surface area contributed by atoms with Gasteiger partial charge in [0.05, 0.1) is 12.1 Å². The molecule has 0 radical (unpaired) electrons. The van der Waals surface area contributed by atoms with Crippen LogP contribution in [-0.4, -0.2) is 59.7 Å². The van der Waals surface area contributed by atoms with Crippen molar-refractivity contribution in [1.29, 1.82) is 0 Å². The Labute approximate surface area is 194 Å². The van der Waals surface area contributed by atoms with Crippen LogP contribution in [0.5, 0.6) is 0 Å². The summed E-state index contributed by atoms with van der Waals surface area (Å²) in [5.41, 5.74) is -0.236. The standard InChI is InChI=1S/C25H31N3O5/c1-18(29)25(19(2)30,27-23(31)28(3)4)22(16-15-20-11-7-5-8-12-20)26-24(32)33-17-21-13-9-6-10-14-21/h5-16,18,22,29H,17H2,1-4H3,(H,26,32)(H,27,31)/b16-15+/t18-,22+,25-/m1/s1. The zero-order chi connectivity index (χ0) is 24.4. The van der Waals surface area contributed by atoms with Gasteiger partial charge in [-0.3, -0.25) is 4.79 Å². The first-order valence-electron chi connectivity index (χ1n) is 10.6. The summed E-state index contributed by atoms with van der Waals surface area (Å²) in [6, 6.07) is 16.7. The topological polar surface area (TPSA) is 108 Å². The molecule has 0 fully saturated rings. The highest BCUT2D eigenvalue weighted by molar-refractivity contribution is 5.93. The number of ether oxygens (including phenoxy) is 1. The lowest BCUT2D eigenvalue weighted by atomic mass is 9.80. The Bertz CT molecular complexity index is 961. The zero-order valence-electron chi connectivity index (χ0n) is 19.3. The highest BCUT2D eigenvalue weighted by Crippen LogP contribution is 2.21. The highest BCUT2D eigenvalue weighted by atomic mass is 16.5. The van der Waals surface area contributed by atoms with Crippen molar-refractivity contribution in [1.82, 2.24) is 15.5 Å². The minimum atomic E-state index is -1.83. The Kier molecular flexibility index (Phi) is 9.18. The summed E-state index contributed by atoms with van der Waals surface area (Å²) in [4.78, 5) is 39.3. The molecule has 0 saturated heterocycles. The lowest BCUT2D eigenvalue weighted by Gasteiger charge is -2.41. The molecule has 0 aromatic heterocycles. The van der Waals surface area contributed by atoms with Crippen molar-refractivity contribution in [2.24, 2.45) is 0 Å². The van der Waals surface area contributed by atoms with E-state index in [2.05, 4.69) is 10.6 Å². The molecule has 0 aliphatic carbocycles. The number of aliphatic hydroxyl groups is 1. The van der Waals surface area contributed by atoms with Crippen LogP contribution in [0, 0.1) is 0 Å². The van der Waals surface area contributed by atoms with Gasteiger partial charge < -0.3 is 25.4 Å². The van der Waals surface area contributed by atoms with Crippen LogP contribution in [0.4, 0.5) is 9.59 Å². The number of ketones is 1. The molecule has 0 heterocycles. The normalized spacial score (nSPS) is 14.6. The number of alkyl carbamates (subject to hydrolysis) is 1. The molecule has 176 valence electrons. The third-order valence-corrected chi connectivity index (χ3v) is 5.22. The number of nitrogens with zero attached hydrogens (tertiary/aromatic N) is 1. The Balaban J connectivity index is 2.38. The van der Waals surface area contributed by atoms with Crippen molar-refractivity contribution < 1.29 is 24.2 Å². The van der Waals surface area contributed by atoms with E-state index in [1.165, 1.54) is 32.8 Å². The summed E-state index contributed by atoms with van der Waals surface area (Å²) in [5, 5.41) is 15.9. The number of carbonyl (C=O) groups excluding carboxylic acids is 3. The molecule has 33 heavy (non-hydrogen) atoms. The van der Waals surface area contributed by atoms with E-state index in [-0.39, 0.29) is 6.61 Å². The van der Waals surface area contributed by atoms with Crippen molar-refractivity contribution in [3.8, 4) is 0 Å². The van der Waals surface area contributed by atoms with E-state index in [4.69, 9.17) is 4.74 Å². The Morgan fingerprint density at radius 3 is 2.15 bits per heavy atom. The predicted octanol–water partition coefficient (Wildman–Crippen LogP) is 2.97. The molecule has 0 saturated carbocycles. The van der Waals surface area contributed by atoms with Crippen molar-refractivity contribution >= 4 is 24.0 Å². The van der Waals surface area contributed by atoms with Crippen molar-refractivity contribution in [3.63, 3.8) is 0 Å². The summed E-state index contributed by atoms with van der Waals surface area (Å²) in [7, 11) is 3.03. The van der Waals surface area contributed by atoms with Gasteiger partial charge in [0, 0.05) is 14.1 Å². The second kappa shape index (κ2) is 11.8. The maximum absolute atomic E-state index is 12.9. The smallest absolute Gasteiger partial charge is 0.408 e. The number of Topliss-reactive ketones (excluding diaryl/α,β-unsaturated/α-hetero) is 1. The van der Waals surface area contributed by atoms with Crippen LogP contribution in [0.3, 0.4) is 0 Å². The van der Waals surface area contributed by atoms with Crippen molar-refractivity contribution in [2.75, 3.05) is 14.1 Å². The summed E-state index contributed by atoms with van der Waals surface area (Å²) >= 11 is 0. The second-order valence-electron chi connectivity index (χ2n) is 7.88. The van der Waals surface area contributed by atoms with E-state index in [0.717, 1.165) is 11.1 Å². The van der Waals surface area contributed by atoms with Gasteiger partial charge in [-0.05, 0) is 25.0 Å². The Morgan fingerprint density at radius 1 is 1.06 bits per heavy atom. The SMILES string of the molecule is CC(=O)[C@@](NC(=O)N(C)C)([C@H](/C=C/c1ccccc1)NC(=O)OCc1ccccc1)[C@@H](C)O. The van der Waals surface area contributed by atoms with E-state index >= 15 is 0 Å². The van der Waals surface area contributed by atoms with Crippen LogP contribution >= 0.6 is 0 Å². The van der Waals surface area contributed by atoms with Crippen molar-refractivity contribution in [2.45, 2.75) is 38.1 Å². The van der Waals surface area contributed by atoms with E-state index in [9.17, 15) is 19.5 Å². The monoisotopic (exact) mass is 453 g/mol. The maximum Gasteiger partial charge on any atom is 0.408 e. The molecular weight excluding hydrogens is 422 g/mol. The fraction of sp³-hybridized carbons (Fsp3) is 0.320. The molecule has 2 rings (SSSR count). The zero-order valence-corrected chi connectivity index (χ0v) is 19.3. The van der Waals surface area contributed by atoms with Gasteiger partial charge in [0.15, 0.2) is 5.78 Å². The lowest BCUT2D eigenvalue weighted by molar-refractivity contribution is -0.128. The summed E-state index contributed by atoms with van der Waals surface area (Å²) in [6.07, 6.45) is 1.12. The first-order chi connectivity index (χ1) is 15.7. The number of benzene rings is 2. The molecule has 8 nitrogen and oxygen atoms in total. The molecule has 2 aromatic rings. The molecule has 8 heteroatoms. The van der Waals surface area contributed by atoms with Gasteiger partial charge in [0.2, 0.25) is 0 Å². The number of nitrogens with one attached hydrogen (secondary N) is 2. The number of aliphatic hydroxyl groups excluding tert-OH is 1. The average Bonchev–Trinajstić information content (AvgIpc) is 2.79. The molecular formula is C25H31N3O5. The highest BCUT2D eigenvalue weighted by Gasteiger charge is 2.49. The van der Waals surface area contributed by atoms with Crippen LogP contribution < -0.4 is 10.6 Å². The second-order valence-corrected chi connectivity index (χ2v) is 7.88. The molecule has 2 aromatic carbocycles. The van der Waals surface area contributed by atoms with E-state index < -0.39 is 35.6 Å². The van der Waals surface area contributed by atoms with E-state index in [0.29, 0.717) is 0 Å². The molecule has 0 unspecified atom stereocenters. The Hall–Kier alpha value is -3.65. The van der Waals surface area contributed by atoms with Gasteiger partial charge >= 0.3 is 12.1 Å². The fourth-order valence-corrected chi connectivity index (χ4v) is 3.31.